The second-order valence-electron chi connectivity index (χ2n) is 5.04. The number of aryl methyl sites for hydroxylation is 1. The number of rotatable bonds is 11. The van der Waals surface area contributed by atoms with E-state index in [1.807, 2.05) is 6.92 Å². The Balaban J connectivity index is 1.94. The number of ether oxygens (including phenoxy) is 1. The van der Waals surface area contributed by atoms with Gasteiger partial charge in [-0.2, -0.15) is 0 Å². The van der Waals surface area contributed by atoms with Crippen LogP contribution in [0, 0.1) is 0 Å². The molecule has 0 spiro atoms. The van der Waals surface area contributed by atoms with E-state index in [0.29, 0.717) is 5.96 Å². The lowest BCUT2D eigenvalue weighted by Gasteiger charge is -2.06. The molecule has 1 aromatic rings. The third-order valence-electron chi connectivity index (χ3n) is 3.22. The van der Waals surface area contributed by atoms with Gasteiger partial charge in [0, 0.05) is 26.3 Å². The molecule has 0 atom stereocenters. The van der Waals surface area contributed by atoms with E-state index in [9.17, 15) is 0 Å². The third kappa shape index (κ3) is 9.91. The van der Waals surface area contributed by atoms with Gasteiger partial charge in [-0.05, 0) is 38.2 Å². The van der Waals surface area contributed by atoms with Crippen molar-refractivity contribution in [3.63, 3.8) is 0 Å². The lowest BCUT2D eigenvalue weighted by molar-refractivity contribution is 0.146. The second kappa shape index (κ2) is 12.2. The summed E-state index contributed by atoms with van der Waals surface area (Å²) in [4.78, 5) is 4.26. The summed E-state index contributed by atoms with van der Waals surface area (Å²) in [5, 5.41) is 3.16. The molecule has 0 aliphatic heterocycles. The van der Waals surface area contributed by atoms with Crippen LogP contribution in [0.2, 0.25) is 0 Å². The molecule has 0 saturated carbocycles. The molecular formula is C17H29N3O. The Kier molecular flexibility index (Phi) is 10.2. The minimum absolute atomic E-state index is 0.551. The molecule has 3 N–H and O–H groups in total. The summed E-state index contributed by atoms with van der Waals surface area (Å²) in [5.41, 5.74) is 7.21. The predicted octanol–water partition coefficient (Wildman–Crippen LogP) is 2.73. The average molecular weight is 291 g/mol. The molecule has 0 bridgehead atoms. The van der Waals surface area contributed by atoms with Crippen molar-refractivity contribution in [2.75, 3.05) is 26.3 Å². The molecule has 0 aliphatic rings. The van der Waals surface area contributed by atoms with Crippen LogP contribution in [0.1, 0.15) is 38.2 Å². The van der Waals surface area contributed by atoms with Gasteiger partial charge >= 0.3 is 0 Å². The zero-order valence-electron chi connectivity index (χ0n) is 13.2. The molecular weight excluding hydrogens is 262 g/mol. The van der Waals surface area contributed by atoms with Gasteiger partial charge in [0.05, 0.1) is 0 Å². The van der Waals surface area contributed by atoms with E-state index in [4.69, 9.17) is 10.5 Å². The van der Waals surface area contributed by atoms with Gasteiger partial charge in [0.15, 0.2) is 5.96 Å². The van der Waals surface area contributed by atoms with Gasteiger partial charge in [0.25, 0.3) is 0 Å². The molecule has 0 radical (unpaired) electrons. The zero-order valence-corrected chi connectivity index (χ0v) is 13.2. The van der Waals surface area contributed by atoms with Crippen LogP contribution in [-0.2, 0) is 11.2 Å². The fourth-order valence-electron chi connectivity index (χ4n) is 2.06. The molecule has 1 rings (SSSR count). The highest BCUT2D eigenvalue weighted by atomic mass is 16.5. The molecule has 0 heterocycles. The van der Waals surface area contributed by atoms with E-state index >= 15 is 0 Å². The lowest BCUT2D eigenvalue weighted by Crippen LogP contribution is -2.32. The van der Waals surface area contributed by atoms with Crippen molar-refractivity contribution in [3.05, 3.63) is 35.9 Å². The van der Waals surface area contributed by atoms with Crippen molar-refractivity contribution >= 4 is 5.96 Å². The van der Waals surface area contributed by atoms with Crippen LogP contribution in [0.3, 0.4) is 0 Å². The Hall–Kier alpha value is -1.55. The fourth-order valence-corrected chi connectivity index (χ4v) is 2.06. The molecule has 21 heavy (non-hydrogen) atoms. The number of nitrogens with zero attached hydrogens (tertiary/aromatic N) is 1. The highest BCUT2D eigenvalue weighted by Gasteiger charge is 1.94. The highest BCUT2D eigenvalue weighted by Crippen LogP contribution is 2.05. The van der Waals surface area contributed by atoms with E-state index in [-0.39, 0.29) is 0 Å². The van der Waals surface area contributed by atoms with E-state index in [2.05, 4.69) is 40.6 Å². The van der Waals surface area contributed by atoms with Crippen molar-refractivity contribution in [1.29, 1.82) is 0 Å². The molecule has 0 unspecified atom stereocenters. The van der Waals surface area contributed by atoms with Crippen molar-refractivity contribution in [2.45, 2.75) is 39.0 Å². The minimum atomic E-state index is 0.551. The Labute approximate surface area is 128 Å². The van der Waals surface area contributed by atoms with Gasteiger partial charge in [0.1, 0.15) is 0 Å². The SMILES string of the molecule is CCOCCCN=C(N)NCCCCCc1ccccc1. The first kappa shape index (κ1) is 17.5. The summed E-state index contributed by atoms with van der Waals surface area (Å²) in [5.74, 6) is 0.551. The summed E-state index contributed by atoms with van der Waals surface area (Å²) >= 11 is 0. The van der Waals surface area contributed by atoms with Crippen LogP contribution in [0.5, 0.6) is 0 Å². The molecule has 0 fully saturated rings. The normalized spacial score (nSPS) is 11.6. The van der Waals surface area contributed by atoms with Crippen molar-refractivity contribution in [2.24, 2.45) is 10.7 Å². The summed E-state index contributed by atoms with van der Waals surface area (Å²) in [6.45, 7) is 5.15. The summed E-state index contributed by atoms with van der Waals surface area (Å²) in [7, 11) is 0. The van der Waals surface area contributed by atoms with Crippen LogP contribution in [0.4, 0.5) is 0 Å². The smallest absolute Gasteiger partial charge is 0.188 e. The van der Waals surface area contributed by atoms with Crippen LogP contribution in [0.25, 0.3) is 0 Å². The van der Waals surface area contributed by atoms with E-state index in [1.54, 1.807) is 0 Å². The first-order valence-corrected chi connectivity index (χ1v) is 7.98. The molecule has 1 aromatic carbocycles. The van der Waals surface area contributed by atoms with Crippen molar-refractivity contribution in [3.8, 4) is 0 Å². The maximum Gasteiger partial charge on any atom is 0.188 e. The standard InChI is InChI=1S/C17H29N3O/c1-2-21-15-9-14-20-17(18)19-13-8-4-7-12-16-10-5-3-6-11-16/h3,5-6,10-11H,2,4,7-9,12-15H2,1H3,(H3,18,19,20). The molecule has 4 heteroatoms. The van der Waals surface area contributed by atoms with Crippen LogP contribution < -0.4 is 11.1 Å². The van der Waals surface area contributed by atoms with Gasteiger partial charge in [-0.3, -0.25) is 4.99 Å². The number of nitrogens with two attached hydrogens (primary N) is 1. The van der Waals surface area contributed by atoms with Gasteiger partial charge in [-0.25, -0.2) is 0 Å². The highest BCUT2D eigenvalue weighted by molar-refractivity contribution is 5.77. The first-order valence-electron chi connectivity index (χ1n) is 7.98. The zero-order chi connectivity index (χ0) is 15.2. The molecule has 0 saturated heterocycles. The topological polar surface area (TPSA) is 59.6 Å². The first-order chi connectivity index (χ1) is 10.3. The predicted molar refractivity (Wildman–Crippen MR) is 89.6 cm³/mol. The lowest BCUT2D eigenvalue weighted by atomic mass is 10.1. The molecule has 118 valence electrons. The Bertz CT molecular complexity index is 379. The Morgan fingerprint density at radius 2 is 1.95 bits per heavy atom. The molecule has 4 nitrogen and oxygen atoms in total. The van der Waals surface area contributed by atoms with Gasteiger partial charge in [0.2, 0.25) is 0 Å². The van der Waals surface area contributed by atoms with Gasteiger partial charge in [-0.15, -0.1) is 0 Å². The fraction of sp³-hybridized carbons (Fsp3) is 0.588. The number of hydrogen-bond donors (Lipinski definition) is 2. The van der Waals surface area contributed by atoms with Gasteiger partial charge in [-0.1, -0.05) is 36.8 Å². The van der Waals surface area contributed by atoms with E-state index in [1.165, 1.54) is 18.4 Å². The third-order valence-corrected chi connectivity index (χ3v) is 3.22. The molecule has 0 aliphatic carbocycles. The number of guanidine groups is 1. The van der Waals surface area contributed by atoms with Crippen LogP contribution >= 0.6 is 0 Å². The van der Waals surface area contributed by atoms with E-state index < -0.39 is 0 Å². The molecule has 0 aromatic heterocycles. The van der Waals surface area contributed by atoms with Crippen molar-refractivity contribution in [1.82, 2.24) is 5.32 Å². The number of aliphatic imine (C=N–C) groups is 1. The number of benzene rings is 1. The largest absolute Gasteiger partial charge is 0.382 e. The average Bonchev–Trinajstić information content (AvgIpc) is 2.51. The Morgan fingerprint density at radius 3 is 2.71 bits per heavy atom. The molecule has 0 amide bonds. The Morgan fingerprint density at radius 1 is 1.14 bits per heavy atom. The summed E-state index contributed by atoms with van der Waals surface area (Å²) in [6.07, 6.45) is 5.63. The summed E-state index contributed by atoms with van der Waals surface area (Å²) < 4.78 is 5.25. The number of nitrogens with one attached hydrogen (secondary N) is 1. The van der Waals surface area contributed by atoms with Crippen molar-refractivity contribution < 1.29 is 4.74 Å². The number of unbranched alkanes of at least 4 members (excludes halogenated alkanes) is 2. The minimum Gasteiger partial charge on any atom is -0.382 e. The quantitative estimate of drug-likeness (QED) is 0.374. The van der Waals surface area contributed by atoms with Crippen LogP contribution in [0.15, 0.2) is 35.3 Å². The number of hydrogen-bond acceptors (Lipinski definition) is 2. The maximum atomic E-state index is 5.79. The monoisotopic (exact) mass is 291 g/mol. The maximum absolute atomic E-state index is 5.79. The second-order valence-corrected chi connectivity index (χ2v) is 5.04. The van der Waals surface area contributed by atoms with Gasteiger partial charge < -0.3 is 15.8 Å². The van der Waals surface area contributed by atoms with E-state index in [0.717, 1.165) is 45.6 Å². The van der Waals surface area contributed by atoms with Crippen LogP contribution in [-0.4, -0.2) is 32.3 Å². The summed E-state index contributed by atoms with van der Waals surface area (Å²) in [6, 6.07) is 10.6.